The summed E-state index contributed by atoms with van der Waals surface area (Å²) in [6.45, 7) is 3.53. The molecule has 1 aromatic carbocycles. The fraction of sp³-hybridized carbons (Fsp3) is 0.462. The van der Waals surface area contributed by atoms with Crippen LogP contribution in [0.5, 0.6) is 0 Å². The molecule has 0 aliphatic rings. The van der Waals surface area contributed by atoms with Gasteiger partial charge in [0.25, 0.3) is 11.6 Å². The molecule has 20 heavy (non-hydrogen) atoms. The molecular formula is C13H19N3O4. The van der Waals surface area contributed by atoms with Gasteiger partial charge in [-0.25, -0.2) is 0 Å². The first-order valence-electron chi connectivity index (χ1n) is 6.30. The molecule has 1 amide bonds. The Labute approximate surface area is 117 Å². The number of nitro groups is 1. The van der Waals surface area contributed by atoms with Crippen LogP contribution in [0.15, 0.2) is 18.2 Å². The van der Waals surface area contributed by atoms with Gasteiger partial charge in [-0.15, -0.1) is 0 Å². The number of carbonyl (C=O) groups is 1. The average Bonchev–Trinajstić information content (AvgIpc) is 2.42. The van der Waals surface area contributed by atoms with Crippen LogP contribution in [0.2, 0.25) is 0 Å². The normalized spacial score (nSPS) is 10.4. The van der Waals surface area contributed by atoms with Crippen LogP contribution in [0.25, 0.3) is 0 Å². The number of carbonyl (C=O) groups excluding carboxylic acids is 1. The number of aliphatic hydroxyl groups excluding tert-OH is 1. The number of hydrogen-bond acceptors (Lipinski definition) is 5. The summed E-state index contributed by atoms with van der Waals surface area (Å²) in [6.07, 6.45) is 0. The molecule has 0 bridgehead atoms. The van der Waals surface area contributed by atoms with Crippen LogP contribution < -0.4 is 5.32 Å². The number of amides is 1. The Bertz CT molecular complexity index is 502. The Morgan fingerprint density at radius 1 is 1.50 bits per heavy atom. The Morgan fingerprint density at radius 3 is 2.60 bits per heavy atom. The van der Waals surface area contributed by atoms with E-state index < -0.39 is 10.8 Å². The van der Waals surface area contributed by atoms with E-state index in [0.29, 0.717) is 5.69 Å². The molecule has 0 saturated heterocycles. The highest BCUT2D eigenvalue weighted by atomic mass is 16.6. The first kappa shape index (κ1) is 15.9. The van der Waals surface area contributed by atoms with E-state index >= 15 is 0 Å². The Hall–Kier alpha value is -2.15. The lowest BCUT2D eigenvalue weighted by Crippen LogP contribution is -2.39. The van der Waals surface area contributed by atoms with Gasteiger partial charge < -0.3 is 15.3 Å². The van der Waals surface area contributed by atoms with Crippen LogP contribution in [0.4, 0.5) is 11.4 Å². The van der Waals surface area contributed by atoms with Crippen LogP contribution in [0, 0.1) is 10.1 Å². The molecule has 0 radical (unpaired) electrons. The number of benzene rings is 1. The molecule has 7 nitrogen and oxygen atoms in total. The van der Waals surface area contributed by atoms with Gasteiger partial charge >= 0.3 is 0 Å². The number of rotatable bonds is 6. The molecule has 0 spiro atoms. The number of aliphatic hydroxyl groups is 1. The van der Waals surface area contributed by atoms with Crippen molar-refractivity contribution in [3.05, 3.63) is 33.9 Å². The van der Waals surface area contributed by atoms with Crippen LogP contribution in [-0.2, 0) is 0 Å². The second-order valence-corrected chi connectivity index (χ2v) is 4.55. The molecule has 0 heterocycles. The summed E-state index contributed by atoms with van der Waals surface area (Å²) >= 11 is 0. The van der Waals surface area contributed by atoms with E-state index in [1.165, 1.54) is 17.0 Å². The topological polar surface area (TPSA) is 95.7 Å². The number of nitrogens with zero attached hydrogens (tertiary/aromatic N) is 2. The summed E-state index contributed by atoms with van der Waals surface area (Å²) in [5.74, 6) is -0.460. The van der Waals surface area contributed by atoms with Crippen LogP contribution in [0.3, 0.4) is 0 Å². The third kappa shape index (κ3) is 3.45. The highest BCUT2D eigenvalue weighted by Gasteiger charge is 2.26. The largest absolute Gasteiger partial charge is 0.395 e. The van der Waals surface area contributed by atoms with Gasteiger partial charge in [-0.05, 0) is 26.0 Å². The zero-order valence-corrected chi connectivity index (χ0v) is 11.8. The predicted octanol–water partition coefficient (Wildman–Crippen LogP) is 1.48. The third-order valence-corrected chi connectivity index (χ3v) is 2.94. The van der Waals surface area contributed by atoms with Crippen molar-refractivity contribution >= 4 is 17.3 Å². The van der Waals surface area contributed by atoms with Crippen molar-refractivity contribution in [2.24, 2.45) is 0 Å². The van der Waals surface area contributed by atoms with E-state index in [2.05, 4.69) is 5.32 Å². The van der Waals surface area contributed by atoms with Gasteiger partial charge in [0, 0.05) is 31.4 Å². The predicted molar refractivity (Wildman–Crippen MR) is 75.9 cm³/mol. The first-order chi connectivity index (χ1) is 9.42. The summed E-state index contributed by atoms with van der Waals surface area (Å²) in [7, 11) is 1.67. The molecule has 2 N–H and O–H groups in total. The molecule has 1 rings (SSSR count). The van der Waals surface area contributed by atoms with Crippen molar-refractivity contribution in [1.82, 2.24) is 4.90 Å². The lowest BCUT2D eigenvalue weighted by molar-refractivity contribution is -0.385. The Balaban J connectivity index is 3.27. The van der Waals surface area contributed by atoms with Crippen LogP contribution in [-0.4, -0.2) is 47.1 Å². The molecule has 1 aromatic rings. The van der Waals surface area contributed by atoms with E-state index in [1.54, 1.807) is 27.0 Å². The van der Waals surface area contributed by atoms with Crippen LogP contribution in [0.1, 0.15) is 24.2 Å². The molecule has 0 saturated carbocycles. The van der Waals surface area contributed by atoms with Crippen molar-refractivity contribution in [2.75, 3.05) is 25.5 Å². The van der Waals surface area contributed by atoms with E-state index in [0.717, 1.165) is 0 Å². The number of nitro benzene ring substituents is 1. The minimum absolute atomic E-state index is 0.0176. The van der Waals surface area contributed by atoms with Crippen molar-refractivity contribution in [2.45, 2.75) is 19.9 Å². The summed E-state index contributed by atoms with van der Waals surface area (Å²) in [5.41, 5.74) is 0.397. The number of anilines is 1. The monoisotopic (exact) mass is 281 g/mol. The summed E-state index contributed by atoms with van der Waals surface area (Å²) in [5, 5.41) is 22.9. The van der Waals surface area contributed by atoms with Gasteiger partial charge in [0.1, 0.15) is 5.56 Å². The Morgan fingerprint density at radius 2 is 2.15 bits per heavy atom. The maximum atomic E-state index is 12.5. The zero-order valence-electron chi connectivity index (χ0n) is 11.8. The number of hydrogen-bond donors (Lipinski definition) is 2. The van der Waals surface area contributed by atoms with Gasteiger partial charge in [0.15, 0.2) is 0 Å². The Kier molecular flexibility index (Phi) is 5.45. The minimum Gasteiger partial charge on any atom is -0.395 e. The molecule has 0 unspecified atom stereocenters. The van der Waals surface area contributed by atoms with Gasteiger partial charge in [0.2, 0.25) is 0 Å². The quantitative estimate of drug-likeness (QED) is 0.608. The second-order valence-electron chi connectivity index (χ2n) is 4.55. The lowest BCUT2D eigenvalue weighted by Gasteiger charge is -2.26. The van der Waals surface area contributed by atoms with E-state index in [-0.39, 0.29) is 30.4 Å². The summed E-state index contributed by atoms with van der Waals surface area (Å²) < 4.78 is 0. The second kappa shape index (κ2) is 6.85. The maximum Gasteiger partial charge on any atom is 0.282 e. The molecule has 0 fully saturated rings. The van der Waals surface area contributed by atoms with Gasteiger partial charge in [0.05, 0.1) is 11.5 Å². The third-order valence-electron chi connectivity index (χ3n) is 2.94. The maximum absolute atomic E-state index is 12.5. The van der Waals surface area contributed by atoms with Crippen molar-refractivity contribution < 1.29 is 14.8 Å². The molecule has 0 aliphatic heterocycles. The lowest BCUT2D eigenvalue weighted by atomic mass is 10.1. The van der Waals surface area contributed by atoms with E-state index in [1.807, 2.05) is 0 Å². The average molecular weight is 281 g/mol. The summed E-state index contributed by atoms with van der Waals surface area (Å²) in [6, 6.07) is 4.14. The molecular weight excluding hydrogens is 262 g/mol. The summed E-state index contributed by atoms with van der Waals surface area (Å²) in [4.78, 5) is 24.3. The van der Waals surface area contributed by atoms with E-state index in [9.17, 15) is 14.9 Å². The highest BCUT2D eigenvalue weighted by molar-refractivity contribution is 5.99. The first-order valence-corrected chi connectivity index (χ1v) is 6.30. The zero-order chi connectivity index (χ0) is 15.3. The highest BCUT2D eigenvalue weighted by Crippen LogP contribution is 2.24. The minimum atomic E-state index is -0.579. The van der Waals surface area contributed by atoms with Crippen molar-refractivity contribution in [3.63, 3.8) is 0 Å². The molecule has 110 valence electrons. The molecule has 7 heteroatoms. The fourth-order valence-corrected chi connectivity index (χ4v) is 1.88. The molecule has 0 atom stereocenters. The van der Waals surface area contributed by atoms with Crippen molar-refractivity contribution in [1.29, 1.82) is 0 Å². The van der Waals surface area contributed by atoms with E-state index in [4.69, 9.17) is 5.11 Å². The molecule has 0 aliphatic carbocycles. The van der Waals surface area contributed by atoms with Crippen molar-refractivity contribution in [3.8, 4) is 0 Å². The van der Waals surface area contributed by atoms with Crippen LogP contribution >= 0.6 is 0 Å². The standard InChI is InChI=1S/C13H19N3O4/c1-9(2)15(6-7-17)13(18)11-8-10(14-3)4-5-12(11)16(19)20/h4-5,8-9,14,17H,6-7H2,1-3H3. The van der Waals surface area contributed by atoms with Gasteiger partial charge in [-0.2, -0.15) is 0 Å². The SMILES string of the molecule is CNc1ccc([N+](=O)[O-])c(C(=O)N(CCO)C(C)C)c1. The molecule has 0 aromatic heterocycles. The van der Waals surface area contributed by atoms with Gasteiger partial charge in [-0.1, -0.05) is 0 Å². The smallest absolute Gasteiger partial charge is 0.282 e. The number of nitrogens with one attached hydrogen (secondary N) is 1. The van der Waals surface area contributed by atoms with Gasteiger partial charge in [-0.3, -0.25) is 14.9 Å². The fourth-order valence-electron chi connectivity index (χ4n) is 1.88.